The molecule has 0 saturated heterocycles. The average Bonchev–Trinajstić information content (AvgIpc) is 2.62. The van der Waals surface area contributed by atoms with Crippen molar-refractivity contribution in [1.29, 1.82) is 0 Å². The number of hydrogen-bond donors (Lipinski definition) is 2. The molecular formula is C20H17FN2O3S. The fourth-order valence-corrected chi connectivity index (χ4v) is 3.71. The van der Waals surface area contributed by atoms with Crippen molar-refractivity contribution >= 4 is 27.3 Å². The maximum absolute atomic E-state index is 13.9. The molecule has 1 amide bonds. The number of hydrogen-bond acceptors (Lipinski definition) is 3. The van der Waals surface area contributed by atoms with Gasteiger partial charge in [0.2, 0.25) is 0 Å². The Bertz CT molecular complexity index is 1100. The van der Waals surface area contributed by atoms with E-state index >= 15 is 0 Å². The van der Waals surface area contributed by atoms with E-state index in [9.17, 15) is 17.6 Å². The number of amides is 1. The molecule has 3 aromatic rings. The lowest BCUT2D eigenvalue weighted by Crippen LogP contribution is -2.19. The number of carbonyl (C=O) groups excluding carboxylic acids is 1. The SMILES string of the molecule is Cc1cccc(NC(=O)c2ccccc2NS(=O)(=O)c2ccccc2F)c1. The molecule has 5 nitrogen and oxygen atoms in total. The Morgan fingerprint density at radius 1 is 0.926 bits per heavy atom. The molecule has 0 aliphatic carbocycles. The highest BCUT2D eigenvalue weighted by atomic mass is 32.2. The Labute approximate surface area is 156 Å². The van der Waals surface area contributed by atoms with Crippen LogP contribution < -0.4 is 10.0 Å². The highest BCUT2D eigenvalue weighted by Gasteiger charge is 2.21. The third kappa shape index (κ3) is 4.32. The second-order valence-electron chi connectivity index (χ2n) is 5.91. The van der Waals surface area contributed by atoms with Gasteiger partial charge in [-0.2, -0.15) is 0 Å². The van der Waals surface area contributed by atoms with Crippen LogP contribution in [0.15, 0.2) is 77.7 Å². The number of sulfonamides is 1. The molecule has 0 heterocycles. The summed E-state index contributed by atoms with van der Waals surface area (Å²) in [7, 11) is -4.18. The predicted molar refractivity (Wildman–Crippen MR) is 103 cm³/mol. The maximum atomic E-state index is 13.9. The van der Waals surface area contributed by atoms with Crippen LogP contribution in [-0.4, -0.2) is 14.3 Å². The molecule has 0 atom stereocenters. The molecule has 7 heteroatoms. The Hall–Kier alpha value is -3.19. The molecule has 3 rings (SSSR count). The van der Waals surface area contributed by atoms with Gasteiger partial charge in [0, 0.05) is 5.69 Å². The van der Waals surface area contributed by atoms with E-state index in [1.807, 2.05) is 13.0 Å². The first-order valence-corrected chi connectivity index (χ1v) is 9.59. The minimum Gasteiger partial charge on any atom is -0.322 e. The molecular weight excluding hydrogens is 367 g/mol. The zero-order valence-corrected chi connectivity index (χ0v) is 15.3. The number of para-hydroxylation sites is 1. The van der Waals surface area contributed by atoms with E-state index in [1.165, 1.54) is 24.3 Å². The van der Waals surface area contributed by atoms with E-state index in [4.69, 9.17) is 0 Å². The first kappa shape index (κ1) is 18.6. The van der Waals surface area contributed by atoms with Gasteiger partial charge in [0.05, 0.1) is 11.3 Å². The lowest BCUT2D eigenvalue weighted by atomic mass is 10.1. The molecule has 0 saturated carbocycles. The first-order chi connectivity index (χ1) is 12.9. The fourth-order valence-electron chi connectivity index (χ4n) is 2.55. The zero-order valence-electron chi connectivity index (χ0n) is 14.4. The molecule has 0 fully saturated rings. The minimum atomic E-state index is -4.18. The third-order valence-electron chi connectivity index (χ3n) is 3.82. The van der Waals surface area contributed by atoms with Gasteiger partial charge in [0.15, 0.2) is 0 Å². The van der Waals surface area contributed by atoms with Gasteiger partial charge < -0.3 is 5.32 Å². The van der Waals surface area contributed by atoms with E-state index in [2.05, 4.69) is 10.0 Å². The fraction of sp³-hybridized carbons (Fsp3) is 0.0500. The molecule has 0 aliphatic heterocycles. The van der Waals surface area contributed by atoms with E-state index in [0.717, 1.165) is 17.7 Å². The maximum Gasteiger partial charge on any atom is 0.264 e. The summed E-state index contributed by atoms with van der Waals surface area (Å²) in [5.74, 6) is -1.35. The monoisotopic (exact) mass is 384 g/mol. The van der Waals surface area contributed by atoms with Crippen LogP contribution >= 0.6 is 0 Å². The summed E-state index contributed by atoms with van der Waals surface area (Å²) in [5, 5.41) is 2.73. The summed E-state index contributed by atoms with van der Waals surface area (Å²) < 4.78 is 41.2. The van der Waals surface area contributed by atoms with E-state index in [0.29, 0.717) is 5.69 Å². The van der Waals surface area contributed by atoms with Gasteiger partial charge in [-0.1, -0.05) is 36.4 Å². The van der Waals surface area contributed by atoms with Crippen LogP contribution in [0.2, 0.25) is 0 Å². The highest BCUT2D eigenvalue weighted by molar-refractivity contribution is 7.92. The largest absolute Gasteiger partial charge is 0.322 e. The van der Waals surface area contributed by atoms with Gasteiger partial charge in [-0.15, -0.1) is 0 Å². The van der Waals surface area contributed by atoms with Crippen LogP contribution in [0.3, 0.4) is 0 Å². The van der Waals surface area contributed by atoms with Crippen LogP contribution in [0.1, 0.15) is 15.9 Å². The smallest absolute Gasteiger partial charge is 0.264 e. The molecule has 27 heavy (non-hydrogen) atoms. The van der Waals surface area contributed by atoms with Crippen molar-refractivity contribution in [3.8, 4) is 0 Å². The number of anilines is 2. The number of carbonyl (C=O) groups is 1. The average molecular weight is 384 g/mol. The zero-order chi connectivity index (χ0) is 19.4. The van der Waals surface area contributed by atoms with Crippen LogP contribution in [0.5, 0.6) is 0 Å². The van der Waals surface area contributed by atoms with Crippen molar-refractivity contribution in [2.45, 2.75) is 11.8 Å². The molecule has 3 aromatic carbocycles. The normalized spacial score (nSPS) is 11.0. The molecule has 138 valence electrons. The van der Waals surface area contributed by atoms with Crippen molar-refractivity contribution in [3.63, 3.8) is 0 Å². The second-order valence-corrected chi connectivity index (χ2v) is 7.56. The van der Waals surface area contributed by atoms with Gasteiger partial charge in [0.25, 0.3) is 15.9 Å². The third-order valence-corrected chi connectivity index (χ3v) is 5.22. The molecule has 0 spiro atoms. The van der Waals surface area contributed by atoms with E-state index < -0.39 is 26.6 Å². The Balaban J connectivity index is 1.90. The molecule has 0 radical (unpaired) electrons. The lowest BCUT2D eigenvalue weighted by Gasteiger charge is -2.13. The van der Waals surface area contributed by atoms with Crippen molar-refractivity contribution in [2.24, 2.45) is 0 Å². The van der Waals surface area contributed by atoms with Crippen molar-refractivity contribution in [3.05, 3.63) is 89.7 Å². The number of rotatable bonds is 5. The van der Waals surface area contributed by atoms with E-state index in [-0.39, 0.29) is 11.3 Å². The van der Waals surface area contributed by atoms with Crippen molar-refractivity contribution in [1.82, 2.24) is 0 Å². The van der Waals surface area contributed by atoms with Crippen molar-refractivity contribution in [2.75, 3.05) is 10.0 Å². The summed E-state index contributed by atoms with van der Waals surface area (Å²) in [6, 6.07) is 18.4. The number of halogens is 1. The number of nitrogens with one attached hydrogen (secondary N) is 2. The molecule has 0 aliphatic rings. The van der Waals surface area contributed by atoms with Crippen LogP contribution in [-0.2, 0) is 10.0 Å². The minimum absolute atomic E-state index is 0.0610. The summed E-state index contributed by atoms with van der Waals surface area (Å²) in [6.45, 7) is 1.89. The highest BCUT2D eigenvalue weighted by Crippen LogP contribution is 2.23. The van der Waals surface area contributed by atoms with Gasteiger partial charge in [0.1, 0.15) is 10.7 Å². The van der Waals surface area contributed by atoms with Crippen LogP contribution in [0, 0.1) is 12.7 Å². The van der Waals surface area contributed by atoms with Crippen molar-refractivity contribution < 1.29 is 17.6 Å². The van der Waals surface area contributed by atoms with E-state index in [1.54, 1.807) is 30.3 Å². The summed E-state index contributed by atoms with van der Waals surface area (Å²) in [4.78, 5) is 12.1. The Morgan fingerprint density at radius 3 is 2.37 bits per heavy atom. The summed E-state index contributed by atoms with van der Waals surface area (Å²) in [6.07, 6.45) is 0. The van der Waals surface area contributed by atoms with Gasteiger partial charge in [-0.25, -0.2) is 12.8 Å². The standard InChI is InChI=1S/C20H17FN2O3S/c1-14-7-6-8-15(13-14)22-20(24)16-9-2-4-11-18(16)23-27(25,26)19-12-5-3-10-17(19)21/h2-13,23H,1H3,(H,22,24). The van der Waals surface area contributed by atoms with Crippen LogP contribution in [0.25, 0.3) is 0 Å². The summed E-state index contributed by atoms with van der Waals surface area (Å²) >= 11 is 0. The lowest BCUT2D eigenvalue weighted by molar-refractivity contribution is 0.102. The van der Waals surface area contributed by atoms with Gasteiger partial charge in [-0.3, -0.25) is 9.52 Å². The first-order valence-electron chi connectivity index (χ1n) is 8.11. The topological polar surface area (TPSA) is 75.3 Å². The molecule has 0 aromatic heterocycles. The molecule has 0 unspecified atom stereocenters. The van der Waals surface area contributed by atoms with Gasteiger partial charge >= 0.3 is 0 Å². The molecule has 0 bridgehead atoms. The molecule has 2 N–H and O–H groups in total. The predicted octanol–water partition coefficient (Wildman–Crippen LogP) is 4.19. The quantitative estimate of drug-likeness (QED) is 0.693. The number of aryl methyl sites for hydroxylation is 1. The Morgan fingerprint density at radius 2 is 1.63 bits per heavy atom. The Kier molecular flexibility index (Phi) is 5.23. The van der Waals surface area contributed by atoms with Crippen LogP contribution in [0.4, 0.5) is 15.8 Å². The second kappa shape index (κ2) is 7.59. The van der Waals surface area contributed by atoms with Gasteiger partial charge in [-0.05, 0) is 48.9 Å². The number of benzene rings is 3. The summed E-state index contributed by atoms with van der Waals surface area (Å²) in [5.41, 5.74) is 1.75.